The number of nitrogens with one attached hydrogen (secondary N) is 1. The van der Waals surface area contributed by atoms with Crippen molar-refractivity contribution in [2.45, 2.75) is 13.5 Å². The molecule has 2 aromatic heterocycles. The van der Waals surface area contributed by atoms with Crippen LogP contribution < -0.4 is 5.32 Å². The molecule has 0 aliphatic heterocycles. The van der Waals surface area contributed by atoms with Gasteiger partial charge in [0.1, 0.15) is 10.6 Å². The van der Waals surface area contributed by atoms with E-state index in [2.05, 4.69) is 10.3 Å². The molecular formula is C18H13ClN2O2S. The number of halogens is 1. The minimum atomic E-state index is -0.251. The molecule has 120 valence electrons. The van der Waals surface area contributed by atoms with E-state index in [0.29, 0.717) is 22.9 Å². The number of amides is 1. The molecule has 0 bridgehead atoms. The van der Waals surface area contributed by atoms with Gasteiger partial charge in [-0.15, -0.1) is 11.3 Å². The lowest BCUT2D eigenvalue weighted by Gasteiger charge is -2.00. The third kappa shape index (κ3) is 2.66. The molecule has 6 heteroatoms. The zero-order valence-corrected chi connectivity index (χ0v) is 14.4. The zero-order chi connectivity index (χ0) is 16.7. The number of carbonyl (C=O) groups excluding carboxylic acids is 1. The number of fused-ring (bicyclic) bond motifs is 2. The topological polar surface area (TPSA) is 55.1 Å². The normalized spacial score (nSPS) is 11.2. The maximum Gasteiger partial charge on any atom is 0.287 e. The van der Waals surface area contributed by atoms with Gasteiger partial charge in [-0.2, -0.15) is 0 Å². The van der Waals surface area contributed by atoms with Crippen molar-refractivity contribution in [1.82, 2.24) is 10.3 Å². The molecule has 4 rings (SSSR count). The van der Waals surface area contributed by atoms with Gasteiger partial charge in [0, 0.05) is 16.0 Å². The van der Waals surface area contributed by atoms with E-state index in [1.165, 1.54) is 0 Å². The first-order chi connectivity index (χ1) is 11.6. The Morgan fingerprint density at radius 1 is 1.29 bits per heavy atom. The lowest BCUT2D eigenvalue weighted by Crippen LogP contribution is -2.22. The van der Waals surface area contributed by atoms with E-state index in [1.807, 2.05) is 31.2 Å². The Bertz CT molecular complexity index is 1030. The van der Waals surface area contributed by atoms with Crippen LogP contribution in [0.5, 0.6) is 0 Å². The van der Waals surface area contributed by atoms with Crippen molar-refractivity contribution < 1.29 is 9.21 Å². The van der Waals surface area contributed by atoms with Gasteiger partial charge in [-0.05, 0) is 37.3 Å². The van der Waals surface area contributed by atoms with Crippen molar-refractivity contribution in [3.8, 4) is 0 Å². The average molecular weight is 357 g/mol. The van der Waals surface area contributed by atoms with Gasteiger partial charge >= 0.3 is 0 Å². The van der Waals surface area contributed by atoms with E-state index >= 15 is 0 Å². The second-order valence-corrected chi connectivity index (χ2v) is 7.01. The highest BCUT2D eigenvalue weighted by molar-refractivity contribution is 7.18. The second-order valence-electron chi connectivity index (χ2n) is 5.45. The molecule has 2 heterocycles. The summed E-state index contributed by atoms with van der Waals surface area (Å²) in [4.78, 5) is 17.0. The molecule has 4 aromatic rings. The zero-order valence-electron chi connectivity index (χ0n) is 12.8. The van der Waals surface area contributed by atoms with Crippen LogP contribution in [0.15, 0.2) is 46.9 Å². The summed E-state index contributed by atoms with van der Waals surface area (Å²) in [6.07, 6.45) is 0. The number of furan rings is 1. The fourth-order valence-corrected chi connectivity index (χ4v) is 3.72. The summed E-state index contributed by atoms with van der Waals surface area (Å²) in [5, 5.41) is 5.21. The number of nitrogens with zero attached hydrogens (tertiary/aromatic N) is 1. The Morgan fingerprint density at radius 2 is 2.12 bits per heavy atom. The summed E-state index contributed by atoms with van der Waals surface area (Å²) in [6.45, 7) is 2.23. The van der Waals surface area contributed by atoms with E-state index in [1.54, 1.807) is 29.5 Å². The Hall–Kier alpha value is -2.37. The molecule has 1 N–H and O–H groups in total. The van der Waals surface area contributed by atoms with Crippen LogP contribution in [0, 0.1) is 6.92 Å². The summed E-state index contributed by atoms with van der Waals surface area (Å²) in [5.74, 6) is 0.0625. The SMILES string of the molecule is Cc1c(C(=O)NCc2nc3ccccc3s2)oc2ccc(Cl)cc12. The summed E-state index contributed by atoms with van der Waals surface area (Å²) in [7, 11) is 0. The molecule has 4 nitrogen and oxygen atoms in total. The van der Waals surface area contributed by atoms with Crippen molar-refractivity contribution in [1.29, 1.82) is 0 Å². The molecular weight excluding hydrogens is 344 g/mol. The molecule has 0 saturated heterocycles. The smallest absolute Gasteiger partial charge is 0.287 e. The monoisotopic (exact) mass is 356 g/mol. The maximum atomic E-state index is 12.4. The number of thiazole rings is 1. The Kier molecular flexibility index (Phi) is 3.75. The van der Waals surface area contributed by atoms with E-state index in [9.17, 15) is 4.79 Å². The van der Waals surface area contributed by atoms with Crippen molar-refractivity contribution >= 4 is 50.0 Å². The van der Waals surface area contributed by atoms with Gasteiger partial charge in [0.2, 0.25) is 0 Å². The first-order valence-corrected chi connectivity index (χ1v) is 8.62. The summed E-state index contributed by atoms with van der Waals surface area (Å²) >= 11 is 7.58. The largest absolute Gasteiger partial charge is 0.451 e. The number of rotatable bonds is 3. The van der Waals surface area contributed by atoms with E-state index in [-0.39, 0.29) is 5.91 Å². The van der Waals surface area contributed by atoms with Gasteiger partial charge in [0.05, 0.1) is 16.8 Å². The van der Waals surface area contributed by atoms with Gasteiger partial charge in [-0.1, -0.05) is 23.7 Å². The van der Waals surface area contributed by atoms with E-state index < -0.39 is 0 Å². The van der Waals surface area contributed by atoms with Crippen molar-refractivity contribution in [2.75, 3.05) is 0 Å². The Balaban J connectivity index is 1.56. The maximum absolute atomic E-state index is 12.4. The van der Waals surface area contributed by atoms with Crippen LogP contribution in [-0.2, 0) is 6.54 Å². The predicted molar refractivity (Wildman–Crippen MR) is 96.8 cm³/mol. The Morgan fingerprint density at radius 3 is 2.96 bits per heavy atom. The lowest BCUT2D eigenvalue weighted by atomic mass is 10.1. The molecule has 0 fully saturated rings. The summed E-state index contributed by atoms with van der Waals surface area (Å²) < 4.78 is 6.78. The molecule has 24 heavy (non-hydrogen) atoms. The molecule has 0 saturated carbocycles. The summed E-state index contributed by atoms with van der Waals surface area (Å²) in [6, 6.07) is 13.2. The number of aryl methyl sites for hydroxylation is 1. The summed E-state index contributed by atoms with van der Waals surface area (Å²) in [5.41, 5.74) is 2.39. The Labute approximate surface area is 147 Å². The minimum Gasteiger partial charge on any atom is -0.451 e. The van der Waals surface area contributed by atoms with Crippen LogP contribution in [0.1, 0.15) is 21.1 Å². The molecule has 0 unspecified atom stereocenters. The first-order valence-electron chi connectivity index (χ1n) is 7.43. The molecule has 0 atom stereocenters. The molecule has 0 aliphatic carbocycles. The molecule has 0 spiro atoms. The van der Waals surface area contributed by atoms with Crippen molar-refractivity contribution in [3.05, 3.63) is 63.8 Å². The highest BCUT2D eigenvalue weighted by atomic mass is 35.5. The van der Waals surface area contributed by atoms with Gasteiger partial charge in [-0.25, -0.2) is 4.98 Å². The molecule has 0 radical (unpaired) electrons. The van der Waals surface area contributed by atoms with Crippen LogP contribution in [0.25, 0.3) is 21.2 Å². The fraction of sp³-hybridized carbons (Fsp3) is 0.111. The van der Waals surface area contributed by atoms with Crippen LogP contribution in [0.2, 0.25) is 5.02 Å². The van der Waals surface area contributed by atoms with Gasteiger partial charge < -0.3 is 9.73 Å². The number of hydrogen-bond donors (Lipinski definition) is 1. The molecule has 1 amide bonds. The number of aromatic nitrogens is 1. The standard InChI is InChI=1S/C18H13ClN2O2S/c1-10-12-8-11(19)6-7-14(12)23-17(10)18(22)20-9-16-21-13-4-2-3-5-15(13)24-16/h2-8H,9H2,1H3,(H,20,22). The number of carbonyl (C=O) groups is 1. The van der Waals surface area contributed by atoms with Crippen molar-refractivity contribution in [3.63, 3.8) is 0 Å². The van der Waals surface area contributed by atoms with Crippen LogP contribution in [0.3, 0.4) is 0 Å². The number of para-hydroxylation sites is 1. The highest BCUT2D eigenvalue weighted by Crippen LogP contribution is 2.28. The minimum absolute atomic E-state index is 0.251. The van der Waals surface area contributed by atoms with E-state index in [0.717, 1.165) is 26.2 Å². The van der Waals surface area contributed by atoms with Gasteiger partial charge in [0.15, 0.2) is 5.76 Å². The number of hydrogen-bond acceptors (Lipinski definition) is 4. The average Bonchev–Trinajstić information content (AvgIpc) is 3.14. The first kappa shape index (κ1) is 15.2. The predicted octanol–water partition coefficient (Wildman–Crippen LogP) is 4.93. The number of benzene rings is 2. The third-order valence-electron chi connectivity index (χ3n) is 3.84. The fourth-order valence-electron chi connectivity index (χ4n) is 2.64. The van der Waals surface area contributed by atoms with E-state index in [4.69, 9.17) is 16.0 Å². The quantitative estimate of drug-likeness (QED) is 0.566. The van der Waals surface area contributed by atoms with Crippen LogP contribution in [0.4, 0.5) is 0 Å². The van der Waals surface area contributed by atoms with Gasteiger partial charge in [-0.3, -0.25) is 4.79 Å². The van der Waals surface area contributed by atoms with Gasteiger partial charge in [0.25, 0.3) is 5.91 Å². The van der Waals surface area contributed by atoms with Crippen LogP contribution >= 0.6 is 22.9 Å². The second kappa shape index (κ2) is 5.92. The third-order valence-corrected chi connectivity index (χ3v) is 5.11. The van der Waals surface area contributed by atoms with Crippen molar-refractivity contribution in [2.24, 2.45) is 0 Å². The van der Waals surface area contributed by atoms with Crippen LogP contribution in [-0.4, -0.2) is 10.9 Å². The molecule has 2 aromatic carbocycles. The highest BCUT2D eigenvalue weighted by Gasteiger charge is 2.18. The molecule has 0 aliphatic rings. The lowest BCUT2D eigenvalue weighted by molar-refractivity contribution is 0.0924.